The molecule has 166 valence electrons. The van der Waals surface area contributed by atoms with Crippen molar-refractivity contribution in [3.63, 3.8) is 0 Å². The van der Waals surface area contributed by atoms with Crippen molar-refractivity contribution in [3.8, 4) is 0 Å². The second-order valence-corrected chi connectivity index (χ2v) is 14.1. The Labute approximate surface area is 183 Å². The molecule has 30 heavy (non-hydrogen) atoms. The van der Waals surface area contributed by atoms with Gasteiger partial charge in [0.1, 0.15) is 6.10 Å². The topological polar surface area (TPSA) is 47.9 Å². The average molecular weight is 431 g/mol. The highest BCUT2D eigenvalue weighted by Gasteiger charge is 2.37. The highest BCUT2D eigenvalue weighted by Crippen LogP contribution is 2.36. The molecule has 2 atom stereocenters. The van der Waals surface area contributed by atoms with Gasteiger partial charge >= 0.3 is 0 Å². The zero-order valence-electron chi connectivity index (χ0n) is 19.1. The van der Waals surface area contributed by atoms with E-state index in [9.17, 15) is 5.11 Å². The molecule has 0 aliphatic carbocycles. The lowest BCUT2D eigenvalue weighted by Crippen LogP contribution is -2.42. The van der Waals surface area contributed by atoms with E-state index in [-0.39, 0.29) is 17.7 Å². The van der Waals surface area contributed by atoms with Gasteiger partial charge in [-0.05, 0) is 35.7 Å². The Balaban J connectivity index is 1.90. The predicted molar refractivity (Wildman–Crippen MR) is 125 cm³/mol. The van der Waals surface area contributed by atoms with Crippen molar-refractivity contribution in [1.82, 2.24) is 0 Å². The van der Waals surface area contributed by atoms with Crippen LogP contribution in [-0.2, 0) is 27.1 Å². The lowest BCUT2D eigenvalue weighted by molar-refractivity contribution is -0.0871. The Morgan fingerprint density at radius 2 is 1.40 bits per heavy atom. The first-order valence-corrected chi connectivity index (χ1v) is 13.7. The first kappa shape index (κ1) is 24.8. The van der Waals surface area contributed by atoms with Gasteiger partial charge in [0.05, 0.1) is 25.9 Å². The molecule has 0 aromatic heterocycles. The van der Waals surface area contributed by atoms with Crippen molar-refractivity contribution in [2.24, 2.45) is 0 Å². The van der Waals surface area contributed by atoms with Crippen molar-refractivity contribution in [2.75, 3.05) is 13.2 Å². The van der Waals surface area contributed by atoms with E-state index in [0.717, 1.165) is 11.1 Å². The maximum absolute atomic E-state index is 10.8. The molecule has 0 saturated heterocycles. The molecule has 1 N–H and O–H groups in total. The molecular formula is C25H38O4Si. The number of ether oxygens (including phenoxy) is 2. The summed E-state index contributed by atoms with van der Waals surface area (Å²) >= 11 is 0. The van der Waals surface area contributed by atoms with Crippen molar-refractivity contribution in [2.45, 2.75) is 70.7 Å². The smallest absolute Gasteiger partial charge is 0.191 e. The van der Waals surface area contributed by atoms with Crippen LogP contribution in [0.1, 0.15) is 38.3 Å². The van der Waals surface area contributed by atoms with E-state index in [2.05, 4.69) is 33.9 Å². The molecule has 2 rings (SSSR count). The molecule has 4 nitrogen and oxygen atoms in total. The van der Waals surface area contributed by atoms with Crippen LogP contribution in [0.15, 0.2) is 60.7 Å². The first-order chi connectivity index (χ1) is 14.2. The highest BCUT2D eigenvalue weighted by molar-refractivity contribution is 6.74. The fourth-order valence-corrected chi connectivity index (χ4v) is 3.85. The predicted octanol–water partition coefficient (Wildman–Crippen LogP) is 5.56. The third-order valence-electron chi connectivity index (χ3n) is 5.81. The molecule has 0 aliphatic heterocycles. The summed E-state index contributed by atoms with van der Waals surface area (Å²) in [6, 6.07) is 20.0. The lowest BCUT2D eigenvalue weighted by Gasteiger charge is -2.36. The number of aliphatic hydroxyl groups is 1. The SMILES string of the molecule is CC(C)(C)[Si](C)(C)OCCC(OCc1ccccc1)C(O)COCc1ccccc1. The molecule has 0 radical (unpaired) electrons. The monoisotopic (exact) mass is 430 g/mol. The van der Waals surface area contributed by atoms with E-state index in [1.807, 2.05) is 60.7 Å². The standard InChI is InChI=1S/C25H38O4Si/c1-25(2,3)30(4,5)29-17-16-24(28-19-22-14-10-7-11-15-22)23(26)20-27-18-21-12-8-6-9-13-21/h6-15,23-24,26H,16-20H2,1-5H3. The molecule has 0 amide bonds. The van der Waals surface area contributed by atoms with Gasteiger partial charge in [0.25, 0.3) is 0 Å². The van der Waals surface area contributed by atoms with E-state index in [0.29, 0.717) is 26.2 Å². The zero-order chi connectivity index (χ0) is 22.0. The molecule has 2 unspecified atom stereocenters. The molecule has 2 aromatic rings. The summed E-state index contributed by atoms with van der Waals surface area (Å²) in [5.41, 5.74) is 2.18. The molecule has 0 aliphatic rings. The number of aliphatic hydroxyl groups excluding tert-OH is 1. The number of rotatable bonds is 12. The van der Waals surface area contributed by atoms with Gasteiger partial charge in [0.2, 0.25) is 0 Å². The van der Waals surface area contributed by atoms with Crippen LogP contribution in [0.2, 0.25) is 18.1 Å². The molecular weight excluding hydrogens is 392 g/mol. The van der Waals surface area contributed by atoms with Gasteiger partial charge in [0, 0.05) is 6.61 Å². The molecule has 0 bridgehead atoms. The van der Waals surface area contributed by atoms with Gasteiger partial charge in [-0.2, -0.15) is 0 Å². The summed E-state index contributed by atoms with van der Waals surface area (Å²) in [5, 5.41) is 10.9. The Morgan fingerprint density at radius 1 is 0.867 bits per heavy atom. The maximum Gasteiger partial charge on any atom is 0.191 e. The van der Waals surface area contributed by atoms with Gasteiger partial charge < -0.3 is 19.0 Å². The van der Waals surface area contributed by atoms with E-state index in [1.165, 1.54) is 0 Å². The van der Waals surface area contributed by atoms with E-state index in [4.69, 9.17) is 13.9 Å². The van der Waals surface area contributed by atoms with E-state index in [1.54, 1.807) is 0 Å². The quantitative estimate of drug-likeness (QED) is 0.448. The minimum atomic E-state index is -1.83. The maximum atomic E-state index is 10.8. The normalized spacial score (nSPS) is 14.5. The van der Waals surface area contributed by atoms with Crippen molar-refractivity contribution >= 4 is 8.32 Å². The highest BCUT2D eigenvalue weighted by atomic mass is 28.4. The second kappa shape index (κ2) is 11.8. The van der Waals surface area contributed by atoms with E-state index < -0.39 is 14.4 Å². The third-order valence-corrected chi connectivity index (χ3v) is 10.3. The summed E-state index contributed by atoms with van der Waals surface area (Å²) in [5.74, 6) is 0. The van der Waals surface area contributed by atoms with Crippen molar-refractivity contribution in [1.29, 1.82) is 0 Å². The van der Waals surface area contributed by atoms with Crippen LogP contribution in [0.3, 0.4) is 0 Å². The molecule has 0 fully saturated rings. The van der Waals surface area contributed by atoms with Crippen LogP contribution in [0.4, 0.5) is 0 Å². The summed E-state index contributed by atoms with van der Waals surface area (Å²) in [4.78, 5) is 0. The average Bonchev–Trinajstić information content (AvgIpc) is 2.71. The largest absolute Gasteiger partial charge is 0.417 e. The summed E-state index contributed by atoms with van der Waals surface area (Å²) in [6.45, 7) is 12.9. The fourth-order valence-electron chi connectivity index (χ4n) is 2.79. The van der Waals surface area contributed by atoms with Gasteiger partial charge in [-0.3, -0.25) is 0 Å². The summed E-state index contributed by atoms with van der Waals surface area (Å²) < 4.78 is 18.2. The van der Waals surface area contributed by atoms with Crippen LogP contribution in [0.5, 0.6) is 0 Å². The summed E-state index contributed by atoms with van der Waals surface area (Å²) in [6.07, 6.45) is -0.416. The zero-order valence-corrected chi connectivity index (χ0v) is 20.1. The Morgan fingerprint density at radius 3 is 1.93 bits per heavy atom. The van der Waals surface area contributed by atoms with Gasteiger partial charge in [-0.15, -0.1) is 0 Å². The van der Waals surface area contributed by atoms with Gasteiger partial charge in [0.15, 0.2) is 8.32 Å². The van der Waals surface area contributed by atoms with Gasteiger partial charge in [-0.25, -0.2) is 0 Å². The second-order valence-electron chi connectivity index (χ2n) is 9.30. The Bertz CT molecular complexity index is 713. The Hall–Kier alpha value is -1.50. The lowest BCUT2D eigenvalue weighted by atomic mass is 10.1. The molecule has 0 spiro atoms. The summed E-state index contributed by atoms with van der Waals surface area (Å²) in [7, 11) is -1.83. The van der Waals surface area contributed by atoms with Crippen molar-refractivity contribution < 1.29 is 19.0 Å². The molecule has 0 heterocycles. The minimum absolute atomic E-state index is 0.158. The van der Waals surface area contributed by atoms with Crippen molar-refractivity contribution in [3.05, 3.63) is 71.8 Å². The third kappa shape index (κ3) is 8.32. The Kier molecular flexibility index (Phi) is 9.72. The fraction of sp³-hybridized carbons (Fsp3) is 0.520. The molecule has 2 aromatic carbocycles. The van der Waals surface area contributed by atoms with Crippen LogP contribution < -0.4 is 0 Å². The van der Waals surface area contributed by atoms with E-state index >= 15 is 0 Å². The van der Waals surface area contributed by atoms with Crippen LogP contribution >= 0.6 is 0 Å². The number of hydrogen-bond acceptors (Lipinski definition) is 4. The van der Waals surface area contributed by atoms with Crippen LogP contribution in [0.25, 0.3) is 0 Å². The van der Waals surface area contributed by atoms with Crippen LogP contribution in [0, 0.1) is 0 Å². The minimum Gasteiger partial charge on any atom is -0.417 e. The number of benzene rings is 2. The van der Waals surface area contributed by atoms with Crippen LogP contribution in [-0.4, -0.2) is 38.8 Å². The van der Waals surface area contributed by atoms with Gasteiger partial charge in [-0.1, -0.05) is 81.4 Å². The number of hydrogen-bond donors (Lipinski definition) is 1. The molecule has 5 heteroatoms. The first-order valence-electron chi connectivity index (χ1n) is 10.8. The molecule has 0 saturated carbocycles.